The molecular weight excluding hydrogens is 276 g/mol. The number of benzene rings is 1. The summed E-state index contributed by atoms with van der Waals surface area (Å²) in [5.41, 5.74) is 5.92. The Balaban J connectivity index is 2.30. The highest BCUT2D eigenvalue weighted by atomic mass is 32.2. The van der Waals surface area contributed by atoms with Crippen molar-refractivity contribution in [3.8, 4) is 5.75 Å². The largest absolute Gasteiger partial charge is 0.495 e. The number of rotatable bonds is 4. The van der Waals surface area contributed by atoms with Gasteiger partial charge in [0.25, 0.3) is 0 Å². The molecule has 0 saturated carbocycles. The van der Waals surface area contributed by atoms with Crippen LogP contribution < -0.4 is 10.5 Å². The molecule has 0 amide bonds. The van der Waals surface area contributed by atoms with Gasteiger partial charge in [-0.25, -0.2) is 8.42 Å². The quantitative estimate of drug-likeness (QED) is 0.913. The lowest BCUT2D eigenvalue weighted by Crippen LogP contribution is -2.45. The molecule has 0 aliphatic carbocycles. The summed E-state index contributed by atoms with van der Waals surface area (Å²) in [6.07, 6.45) is 1.83. The molecule has 0 spiro atoms. The molecule has 1 saturated heterocycles. The fourth-order valence-electron chi connectivity index (χ4n) is 2.59. The molecule has 2 atom stereocenters. The molecule has 1 heterocycles. The van der Waals surface area contributed by atoms with Crippen LogP contribution in [-0.2, 0) is 10.0 Å². The molecule has 20 heavy (non-hydrogen) atoms. The number of sulfonamides is 1. The first-order valence-corrected chi connectivity index (χ1v) is 8.29. The second-order valence-corrected chi connectivity index (χ2v) is 7.18. The first-order valence-electron chi connectivity index (χ1n) is 6.85. The summed E-state index contributed by atoms with van der Waals surface area (Å²) in [6.45, 7) is 2.96. The summed E-state index contributed by atoms with van der Waals surface area (Å²) in [5, 5.41) is 0. The Labute approximate surface area is 120 Å². The molecule has 1 aliphatic rings. The van der Waals surface area contributed by atoms with Crippen molar-refractivity contribution in [3.63, 3.8) is 0 Å². The predicted octanol–water partition coefficient (Wildman–Crippen LogP) is 1.44. The maximum atomic E-state index is 12.7. The van der Waals surface area contributed by atoms with Crippen LogP contribution in [0.1, 0.15) is 19.8 Å². The Morgan fingerprint density at radius 2 is 2.10 bits per heavy atom. The van der Waals surface area contributed by atoms with Crippen molar-refractivity contribution in [3.05, 3.63) is 24.3 Å². The van der Waals surface area contributed by atoms with Crippen LogP contribution in [0.25, 0.3) is 0 Å². The van der Waals surface area contributed by atoms with E-state index in [1.54, 1.807) is 24.3 Å². The van der Waals surface area contributed by atoms with Gasteiger partial charge in [0, 0.05) is 19.1 Å². The van der Waals surface area contributed by atoms with Gasteiger partial charge in [0.2, 0.25) is 10.0 Å². The summed E-state index contributed by atoms with van der Waals surface area (Å²) in [5.74, 6) is 0.601. The SMILES string of the molecule is COc1ccccc1S(=O)(=O)N1CCC[C@H]([C@H](C)N)C1. The van der Waals surface area contributed by atoms with Gasteiger partial charge in [0.1, 0.15) is 10.6 Å². The van der Waals surface area contributed by atoms with Gasteiger partial charge in [-0.1, -0.05) is 12.1 Å². The maximum absolute atomic E-state index is 12.7. The first kappa shape index (κ1) is 15.3. The van der Waals surface area contributed by atoms with Crippen molar-refractivity contribution in [2.45, 2.75) is 30.7 Å². The molecule has 1 aliphatic heterocycles. The zero-order chi connectivity index (χ0) is 14.8. The summed E-state index contributed by atoms with van der Waals surface area (Å²) in [4.78, 5) is 0.229. The third kappa shape index (κ3) is 2.97. The Kier molecular flexibility index (Phi) is 4.67. The van der Waals surface area contributed by atoms with Crippen molar-refractivity contribution in [1.82, 2.24) is 4.31 Å². The molecule has 1 aromatic rings. The van der Waals surface area contributed by atoms with Crippen molar-refractivity contribution in [2.75, 3.05) is 20.2 Å². The average molecular weight is 298 g/mol. The number of nitrogens with zero attached hydrogens (tertiary/aromatic N) is 1. The Bertz CT molecular complexity index is 557. The van der Waals surface area contributed by atoms with E-state index in [0.29, 0.717) is 18.8 Å². The maximum Gasteiger partial charge on any atom is 0.246 e. The monoisotopic (exact) mass is 298 g/mol. The van der Waals surface area contributed by atoms with Crippen molar-refractivity contribution in [1.29, 1.82) is 0 Å². The van der Waals surface area contributed by atoms with E-state index in [2.05, 4.69) is 0 Å². The number of piperidine rings is 1. The molecule has 0 bridgehead atoms. The van der Waals surface area contributed by atoms with E-state index < -0.39 is 10.0 Å². The average Bonchev–Trinajstić information content (AvgIpc) is 2.47. The fraction of sp³-hybridized carbons (Fsp3) is 0.571. The number of para-hydroxylation sites is 1. The highest BCUT2D eigenvalue weighted by Crippen LogP contribution is 2.29. The zero-order valence-electron chi connectivity index (χ0n) is 12.0. The van der Waals surface area contributed by atoms with E-state index in [1.807, 2.05) is 6.92 Å². The summed E-state index contributed by atoms with van der Waals surface area (Å²) < 4.78 is 32.2. The van der Waals surface area contributed by atoms with Crippen molar-refractivity contribution < 1.29 is 13.2 Å². The lowest BCUT2D eigenvalue weighted by Gasteiger charge is -2.34. The Morgan fingerprint density at radius 1 is 1.40 bits per heavy atom. The molecule has 2 rings (SSSR count). The molecule has 5 nitrogen and oxygen atoms in total. The van der Waals surface area contributed by atoms with Gasteiger partial charge in [-0.2, -0.15) is 4.31 Å². The number of hydrogen-bond acceptors (Lipinski definition) is 4. The smallest absolute Gasteiger partial charge is 0.246 e. The minimum Gasteiger partial charge on any atom is -0.495 e. The lowest BCUT2D eigenvalue weighted by atomic mass is 9.93. The standard InChI is InChI=1S/C14H22N2O3S/c1-11(15)12-6-5-9-16(10-12)20(17,18)14-8-4-3-7-13(14)19-2/h3-4,7-8,11-12H,5-6,9-10,15H2,1-2H3/t11-,12-/m0/s1. The second kappa shape index (κ2) is 6.11. The van der Waals surface area contributed by atoms with E-state index >= 15 is 0 Å². The number of methoxy groups -OCH3 is 1. The van der Waals surface area contributed by atoms with E-state index in [0.717, 1.165) is 12.8 Å². The summed E-state index contributed by atoms with van der Waals surface area (Å²) >= 11 is 0. The van der Waals surface area contributed by atoms with Crippen LogP contribution in [0.3, 0.4) is 0 Å². The van der Waals surface area contributed by atoms with Crippen LogP contribution in [0.4, 0.5) is 0 Å². The van der Waals surface area contributed by atoms with Gasteiger partial charge >= 0.3 is 0 Å². The molecular formula is C14H22N2O3S. The van der Waals surface area contributed by atoms with Crippen LogP contribution in [0.15, 0.2) is 29.2 Å². The van der Waals surface area contributed by atoms with Gasteiger partial charge in [0.15, 0.2) is 0 Å². The molecule has 1 aromatic carbocycles. The van der Waals surface area contributed by atoms with E-state index in [4.69, 9.17) is 10.5 Å². The van der Waals surface area contributed by atoms with Crippen LogP contribution in [-0.4, -0.2) is 39.0 Å². The Hall–Kier alpha value is -1.11. The van der Waals surface area contributed by atoms with Gasteiger partial charge in [-0.05, 0) is 37.8 Å². The van der Waals surface area contributed by atoms with Gasteiger partial charge in [-0.3, -0.25) is 0 Å². The first-order chi connectivity index (χ1) is 9.46. The topological polar surface area (TPSA) is 72.6 Å². The van der Waals surface area contributed by atoms with Gasteiger partial charge in [-0.15, -0.1) is 0 Å². The number of nitrogens with two attached hydrogens (primary N) is 1. The minimum absolute atomic E-state index is 0.00525. The highest BCUT2D eigenvalue weighted by molar-refractivity contribution is 7.89. The van der Waals surface area contributed by atoms with E-state index in [-0.39, 0.29) is 16.9 Å². The van der Waals surface area contributed by atoms with Gasteiger partial charge < -0.3 is 10.5 Å². The number of ether oxygens (including phenoxy) is 1. The van der Waals surface area contributed by atoms with Crippen LogP contribution >= 0.6 is 0 Å². The molecule has 6 heteroatoms. The molecule has 2 N–H and O–H groups in total. The molecule has 0 unspecified atom stereocenters. The van der Waals surface area contributed by atoms with Gasteiger partial charge in [0.05, 0.1) is 7.11 Å². The predicted molar refractivity (Wildman–Crippen MR) is 78.1 cm³/mol. The fourth-order valence-corrected chi connectivity index (χ4v) is 4.28. The summed E-state index contributed by atoms with van der Waals surface area (Å²) in [6, 6.07) is 6.73. The van der Waals surface area contributed by atoms with Crippen LogP contribution in [0, 0.1) is 5.92 Å². The third-order valence-corrected chi connectivity index (χ3v) is 5.76. The molecule has 112 valence electrons. The van der Waals surface area contributed by atoms with Crippen molar-refractivity contribution >= 4 is 10.0 Å². The van der Waals surface area contributed by atoms with E-state index in [9.17, 15) is 8.42 Å². The minimum atomic E-state index is -3.52. The third-order valence-electron chi connectivity index (χ3n) is 3.85. The molecule has 0 aromatic heterocycles. The molecule has 1 fully saturated rings. The Morgan fingerprint density at radius 3 is 2.75 bits per heavy atom. The summed E-state index contributed by atoms with van der Waals surface area (Å²) in [7, 11) is -2.04. The van der Waals surface area contributed by atoms with Crippen molar-refractivity contribution in [2.24, 2.45) is 11.7 Å². The van der Waals surface area contributed by atoms with Crippen LogP contribution in [0.2, 0.25) is 0 Å². The second-order valence-electron chi connectivity index (χ2n) is 5.28. The number of hydrogen-bond donors (Lipinski definition) is 1. The van der Waals surface area contributed by atoms with E-state index in [1.165, 1.54) is 11.4 Å². The normalized spacial score (nSPS) is 22.4. The zero-order valence-corrected chi connectivity index (χ0v) is 12.8. The lowest BCUT2D eigenvalue weighted by molar-refractivity contribution is 0.242. The van der Waals surface area contributed by atoms with Crippen LogP contribution in [0.5, 0.6) is 5.75 Å². The highest BCUT2D eigenvalue weighted by Gasteiger charge is 2.33. The molecule has 0 radical (unpaired) electrons.